The maximum Gasteiger partial charge on any atom is 0.230 e. The Morgan fingerprint density at radius 2 is 2.32 bits per heavy atom. The van der Waals surface area contributed by atoms with E-state index in [2.05, 4.69) is 5.32 Å². The van der Waals surface area contributed by atoms with Crippen molar-refractivity contribution in [2.75, 3.05) is 13.1 Å². The van der Waals surface area contributed by atoms with Crippen LogP contribution in [0, 0.1) is 11.3 Å². The Morgan fingerprint density at radius 3 is 2.89 bits per heavy atom. The first kappa shape index (κ1) is 14.0. The highest BCUT2D eigenvalue weighted by Gasteiger charge is 2.60. The summed E-state index contributed by atoms with van der Waals surface area (Å²) in [5.41, 5.74) is 5.20. The van der Waals surface area contributed by atoms with Gasteiger partial charge in [0.25, 0.3) is 0 Å². The molecule has 0 bridgehead atoms. The molecule has 0 aromatic carbocycles. The van der Waals surface area contributed by atoms with E-state index in [0.29, 0.717) is 13.1 Å². The predicted octanol–water partition coefficient (Wildman–Crippen LogP) is 0.891. The summed E-state index contributed by atoms with van der Waals surface area (Å²) in [5.74, 6) is 0.225. The fourth-order valence-corrected chi connectivity index (χ4v) is 2.71. The summed E-state index contributed by atoms with van der Waals surface area (Å²) in [5, 5.41) is 12.9. The van der Waals surface area contributed by atoms with Gasteiger partial charge in [0.15, 0.2) is 0 Å². The van der Waals surface area contributed by atoms with E-state index in [4.69, 9.17) is 5.73 Å². The number of hydrogen-bond acceptors (Lipinski definition) is 3. The molecule has 4 heteroatoms. The van der Waals surface area contributed by atoms with Crippen molar-refractivity contribution in [3.63, 3.8) is 0 Å². The fraction of sp³-hybridized carbons (Fsp3) is 0.533. The Labute approximate surface area is 114 Å². The molecule has 3 atom stereocenters. The lowest BCUT2D eigenvalue weighted by Crippen LogP contribution is -2.35. The van der Waals surface area contributed by atoms with Gasteiger partial charge in [0.2, 0.25) is 5.91 Å². The molecule has 0 heterocycles. The number of amides is 1. The Bertz CT molecular complexity index is 463. The van der Waals surface area contributed by atoms with E-state index in [1.807, 2.05) is 25.2 Å². The van der Waals surface area contributed by atoms with Gasteiger partial charge < -0.3 is 16.2 Å². The van der Waals surface area contributed by atoms with Gasteiger partial charge in [-0.1, -0.05) is 18.2 Å². The number of carbonyl (C=O) groups is 1. The number of hydrogen-bond donors (Lipinski definition) is 3. The highest BCUT2D eigenvalue weighted by atomic mass is 16.3. The molecule has 0 saturated heterocycles. The fourth-order valence-electron chi connectivity index (χ4n) is 2.71. The molecule has 2 aliphatic carbocycles. The molecule has 4 nitrogen and oxygen atoms in total. The van der Waals surface area contributed by atoms with Crippen molar-refractivity contribution >= 4 is 5.91 Å². The zero-order chi connectivity index (χ0) is 14.1. The quantitative estimate of drug-likeness (QED) is 0.704. The molecule has 4 N–H and O–H groups in total. The van der Waals surface area contributed by atoms with E-state index < -0.39 is 11.0 Å². The molecule has 19 heavy (non-hydrogen) atoms. The van der Waals surface area contributed by atoms with Crippen LogP contribution in [-0.4, -0.2) is 29.7 Å². The molecule has 0 aromatic heterocycles. The van der Waals surface area contributed by atoms with E-state index in [-0.39, 0.29) is 11.8 Å². The van der Waals surface area contributed by atoms with E-state index in [0.717, 1.165) is 12.0 Å². The smallest absolute Gasteiger partial charge is 0.230 e. The third kappa shape index (κ3) is 2.51. The van der Waals surface area contributed by atoms with Crippen molar-refractivity contribution in [2.24, 2.45) is 17.1 Å². The molecule has 0 aromatic rings. The lowest BCUT2D eigenvalue weighted by atomic mass is 9.90. The largest absolute Gasteiger partial charge is 0.382 e. The van der Waals surface area contributed by atoms with Gasteiger partial charge in [-0.2, -0.15) is 0 Å². The molecule has 1 amide bonds. The van der Waals surface area contributed by atoms with Crippen molar-refractivity contribution in [3.8, 4) is 0 Å². The first-order chi connectivity index (χ1) is 8.96. The third-order valence-electron chi connectivity index (χ3n) is 3.96. The lowest BCUT2D eigenvalue weighted by molar-refractivity contribution is -0.125. The average molecular weight is 262 g/mol. The van der Waals surface area contributed by atoms with E-state index in [9.17, 15) is 9.90 Å². The number of allylic oxidation sites excluding steroid dienone is 3. The Morgan fingerprint density at radius 1 is 1.58 bits per heavy atom. The van der Waals surface area contributed by atoms with Gasteiger partial charge in [0.05, 0.1) is 11.0 Å². The van der Waals surface area contributed by atoms with Crippen LogP contribution in [0.2, 0.25) is 0 Å². The molecule has 0 aliphatic heterocycles. The summed E-state index contributed by atoms with van der Waals surface area (Å²) >= 11 is 0. The van der Waals surface area contributed by atoms with Crippen molar-refractivity contribution in [1.29, 1.82) is 0 Å². The van der Waals surface area contributed by atoms with E-state index in [1.54, 1.807) is 19.1 Å². The predicted molar refractivity (Wildman–Crippen MR) is 75.3 cm³/mol. The molecule has 104 valence electrons. The van der Waals surface area contributed by atoms with Crippen LogP contribution in [0.25, 0.3) is 0 Å². The van der Waals surface area contributed by atoms with Crippen LogP contribution in [-0.2, 0) is 4.79 Å². The van der Waals surface area contributed by atoms with Crippen molar-refractivity contribution in [3.05, 3.63) is 36.0 Å². The SMILES string of the molecule is CCNC(=O)C1(C2=CC=CC(C)(O)C=C2)CC1CN. The molecule has 0 spiro atoms. The number of aliphatic hydroxyl groups is 1. The second kappa shape index (κ2) is 4.94. The second-order valence-electron chi connectivity index (χ2n) is 5.51. The number of nitrogens with two attached hydrogens (primary N) is 1. The molecule has 3 unspecified atom stereocenters. The maximum atomic E-state index is 12.3. The van der Waals surface area contributed by atoms with Gasteiger partial charge in [-0.05, 0) is 50.5 Å². The average Bonchev–Trinajstić information content (AvgIpc) is 3.10. The summed E-state index contributed by atoms with van der Waals surface area (Å²) in [6.45, 7) is 4.74. The monoisotopic (exact) mass is 262 g/mol. The van der Waals surface area contributed by atoms with Crippen molar-refractivity contribution in [1.82, 2.24) is 5.32 Å². The van der Waals surface area contributed by atoms with Crippen LogP contribution in [0.15, 0.2) is 36.0 Å². The minimum absolute atomic E-state index is 0.0382. The standard InChI is InChI=1S/C15H22N2O2/c1-3-17-13(18)15(9-12(15)10-16)11-5-4-7-14(2,19)8-6-11/h4-8,12,19H,3,9-10,16H2,1-2H3,(H,17,18). The minimum Gasteiger partial charge on any atom is -0.382 e. The van der Waals surface area contributed by atoms with Crippen molar-refractivity contribution < 1.29 is 9.90 Å². The molecule has 0 radical (unpaired) electrons. The lowest BCUT2D eigenvalue weighted by Gasteiger charge is -2.18. The van der Waals surface area contributed by atoms with Crippen LogP contribution in [0.1, 0.15) is 20.3 Å². The summed E-state index contributed by atoms with van der Waals surface area (Å²) in [6.07, 6.45) is 9.77. The Balaban J connectivity index is 2.30. The molecule has 2 aliphatic rings. The molecule has 1 saturated carbocycles. The van der Waals surface area contributed by atoms with Gasteiger partial charge in [0, 0.05) is 6.54 Å². The van der Waals surface area contributed by atoms with Crippen LogP contribution in [0.5, 0.6) is 0 Å². The van der Waals surface area contributed by atoms with E-state index >= 15 is 0 Å². The molecule has 1 fully saturated rings. The summed E-state index contributed by atoms with van der Waals surface area (Å²) in [7, 11) is 0. The molecular formula is C15H22N2O2. The highest BCUT2D eigenvalue weighted by Crippen LogP contribution is 2.58. The van der Waals surface area contributed by atoms with Crippen molar-refractivity contribution in [2.45, 2.75) is 25.9 Å². The van der Waals surface area contributed by atoms with Crippen LogP contribution >= 0.6 is 0 Å². The summed E-state index contributed by atoms with van der Waals surface area (Å²) in [6, 6.07) is 0. The van der Waals surface area contributed by atoms with Gasteiger partial charge >= 0.3 is 0 Å². The minimum atomic E-state index is -0.965. The van der Waals surface area contributed by atoms with Crippen LogP contribution in [0.4, 0.5) is 0 Å². The van der Waals surface area contributed by atoms with E-state index in [1.165, 1.54) is 0 Å². The highest BCUT2D eigenvalue weighted by molar-refractivity contribution is 5.90. The molecular weight excluding hydrogens is 240 g/mol. The Kier molecular flexibility index (Phi) is 3.65. The number of nitrogens with one attached hydrogen (secondary N) is 1. The number of rotatable bonds is 4. The summed E-state index contributed by atoms with van der Waals surface area (Å²) < 4.78 is 0. The Hall–Kier alpha value is -1.39. The first-order valence-corrected chi connectivity index (χ1v) is 6.76. The first-order valence-electron chi connectivity index (χ1n) is 6.76. The zero-order valence-corrected chi connectivity index (χ0v) is 11.5. The maximum absolute atomic E-state index is 12.3. The molecule has 2 rings (SSSR count). The summed E-state index contributed by atoms with van der Waals surface area (Å²) in [4.78, 5) is 12.3. The number of carbonyl (C=O) groups excluding carboxylic acids is 1. The van der Waals surface area contributed by atoms with Gasteiger partial charge in [0.1, 0.15) is 0 Å². The van der Waals surface area contributed by atoms with Gasteiger partial charge in [-0.15, -0.1) is 0 Å². The second-order valence-corrected chi connectivity index (χ2v) is 5.51. The third-order valence-corrected chi connectivity index (χ3v) is 3.96. The normalized spacial score (nSPS) is 36.6. The van der Waals surface area contributed by atoms with Gasteiger partial charge in [-0.3, -0.25) is 4.79 Å². The van der Waals surface area contributed by atoms with Gasteiger partial charge in [-0.25, -0.2) is 0 Å². The van der Waals surface area contributed by atoms with Crippen LogP contribution < -0.4 is 11.1 Å². The van der Waals surface area contributed by atoms with Crippen LogP contribution in [0.3, 0.4) is 0 Å². The zero-order valence-electron chi connectivity index (χ0n) is 11.5. The topological polar surface area (TPSA) is 75.3 Å².